The van der Waals surface area contributed by atoms with Crippen LogP contribution in [0.4, 0.5) is 5.69 Å². The van der Waals surface area contributed by atoms with Crippen LogP contribution in [-0.2, 0) is 0 Å². The molecule has 0 atom stereocenters. The fraction of sp³-hybridized carbons (Fsp3) is 0. The van der Waals surface area contributed by atoms with Gasteiger partial charge in [0.25, 0.3) is 5.91 Å². The maximum absolute atomic E-state index is 11.2. The molecule has 0 radical (unpaired) electrons. The second-order valence-corrected chi connectivity index (χ2v) is 3.54. The monoisotopic (exact) mass is 237 g/mol. The Morgan fingerprint density at radius 1 is 1.44 bits per heavy atom. The average molecular weight is 238 g/mol. The number of hydrogen-bond acceptors (Lipinski definition) is 4. The molecule has 0 saturated carbocycles. The summed E-state index contributed by atoms with van der Waals surface area (Å²) in [5, 5.41) is 4.37. The largest absolute Gasteiger partial charge is 0.397 e. The van der Waals surface area contributed by atoms with Gasteiger partial charge in [-0.25, -0.2) is 9.67 Å². The van der Waals surface area contributed by atoms with Crippen molar-refractivity contribution >= 4 is 23.2 Å². The minimum Gasteiger partial charge on any atom is -0.397 e. The molecule has 2 aromatic heterocycles. The number of amides is 1. The molecule has 2 heterocycles. The third-order valence-corrected chi connectivity index (χ3v) is 2.12. The Labute approximate surface area is 95.8 Å². The Morgan fingerprint density at radius 3 is 2.75 bits per heavy atom. The Morgan fingerprint density at radius 2 is 2.19 bits per heavy atom. The van der Waals surface area contributed by atoms with Crippen molar-refractivity contribution in [3.8, 4) is 5.82 Å². The summed E-state index contributed by atoms with van der Waals surface area (Å²) in [5.41, 5.74) is 11.3. The lowest BCUT2D eigenvalue weighted by molar-refractivity contribution is 0.1000. The van der Waals surface area contributed by atoms with E-state index in [2.05, 4.69) is 10.1 Å². The first-order valence-electron chi connectivity index (χ1n) is 4.34. The van der Waals surface area contributed by atoms with Crippen LogP contribution in [0.1, 0.15) is 10.4 Å². The van der Waals surface area contributed by atoms with Crippen molar-refractivity contribution in [2.24, 2.45) is 5.73 Å². The van der Waals surface area contributed by atoms with Gasteiger partial charge in [-0.3, -0.25) is 4.79 Å². The molecule has 1 amide bonds. The van der Waals surface area contributed by atoms with Crippen LogP contribution in [0.2, 0.25) is 5.02 Å². The zero-order chi connectivity index (χ0) is 11.7. The number of carbonyl (C=O) groups is 1. The molecule has 4 N–H and O–H groups in total. The lowest BCUT2D eigenvalue weighted by Crippen LogP contribution is -2.16. The van der Waals surface area contributed by atoms with Crippen molar-refractivity contribution in [2.75, 3.05) is 5.73 Å². The molecule has 0 aromatic carbocycles. The summed E-state index contributed by atoms with van der Waals surface area (Å²) in [7, 11) is 0. The van der Waals surface area contributed by atoms with Crippen molar-refractivity contribution in [1.82, 2.24) is 14.8 Å². The molecule has 2 aromatic rings. The van der Waals surface area contributed by atoms with E-state index in [-0.39, 0.29) is 5.56 Å². The number of aromatic nitrogens is 3. The summed E-state index contributed by atoms with van der Waals surface area (Å²) in [5.74, 6) is -0.324. The molecule has 6 nitrogen and oxygen atoms in total. The number of nitrogens with two attached hydrogens (primary N) is 2. The Balaban J connectivity index is 2.60. The molecule has 0 unspecified atom stereocenters. The van der Waals surface area contributed by atoms with Gasteiger partial charge in [-0.05, 0) is 6.07 Å². The smallest absolute Gasteiger partial charge is 0.252 e. The molecule has 7 heteroatoms. The first-order valence-corrected chi connectivity index (χ1v) is 4.71. The molecule has 0 aliphatic rings. The molecule has 16 heavy (non-hydrogen) atoms. The van der Waals surface area contributed by atoms with Gasteiger partial charge in [0, 0.05) is 0 Å². The fourth-order valence-corrected chi connectivity index (χ4v) is 1.39. The van der Waals surface area contributed by atoms with E-state index in [1.165, 1.54) is 29.3 Å². The third-order valence-electron chi connectivity index (χ3n) is 1.92. The fourth-order valence-electron chi connectivity index (χ4n) is 1.25. The van der Waals surface area contributed by atoms with Gasteiger partial charge >= 0.3 is 0 Å². The van der Waals surface area contributed by atoms with Crippen LogP contribution in [0.3, 0.4) is 0 Å². The number of anilines is 1. The predicted octanol–water partition coefficient (Wildman–Crippen LogP) is 0.602. The van der Waals surface area contributed by atoms with Crippen molar-refractivity contribution in [2.45, 2.75) is 0 Å². The zero-order valence-corrected chi connectivity index (χ0v) is 8.85. The zero-order valence-electron chi connectivity index (χ0n) is 8.09. The van der Waals surface area contributed by atoms with Crippen molar-refractivity contribution in [3.63, 3.8) is 0 Å². The molecule has 2 rings (SSSR count). The van der Waals surface area contributed by atoms with Crippen LogP contribution < -0.4 is 11.5 Å². The molecule has 0 saturated heterocycles. The maximum Gasteiger partial charge on any atom is 0.252 e. The summed E-state index contributed by atoms with van der Waals surface area (Å²) < 4.78 is 1.36. The highest BCUT2D eigenvalue weighted by Gasteiger charge is 2.12. The maximum atomic E-state index is 11.2. The van der Waals surface area contributed by atoms with Crippen molar-refractivity contribution < 1.29 is 4.79 Å². The summed E-state index contributed by atoms with van der Waals surface area (Å²) in [6, 6.07) is 1.44. The van der Waals surface area contributed by atoms with Crippen molar-refractivity contribution in [3.05, 3.63) is 35.2 Å². The van der Waals surface area contributed by atoms with E-state index < -0.39 is 5.91 Å². The first-order chi connectivity index (χ1) is 7.58. The van der Waals surface area contributed by atoms with E-state index in [4.69, 9.17) is 23.1 Å². The highest BCUT2D eigenvalue weighted by Crippen LogP contribution is 2.16. The summed E-state index contributed by atoms with van der Waals surface area (Å²) in [6.07, 6.45) is 4.37. The topological polar surface area (TPSA) is 99.8 Å². The third kappa shape index (κ3) is 1.82. The number of rotatable bonds is 2. The van der Waals surface area contributed by atoms with E-state index in [9.17, 15) is 4.79 Å². The van der Waals surface area contributed by atoms with Crippen LogP contribution in [-0.4, -0.2) is 20.7 Å². The van der Waals surface area contributed by atoms with Crippen LogP contribution in [0, 0.1) is 0 Å². The van der Waals surface area contributed by atoms with E-state index in [1.54, 1.807) is 0 Å². The molecule has 0 spiro atoms. The van der Waals surface area contributed by atoms with Gasteiger partial charge in [-0.2, -0.15) is 5.10 Å². The molecule has 82 valence electrons. The van der Waals surface area contributed by atoms with E-state index >= 15 is 0 Å². The molecule has 0 aliphatic carbocycles. The molecular weight excluding hydrogens is 230 g/mol. The first kappa shape index (κ1) is 10.4. The Bertz CT molecular complexity index is 551. The molecule has 0 aliphatic heterocycles. The number of pyridine rings is 1. The number of primary amides is 1. The predicted molar refractivity (Wildman–Crippen MR) is 59.3 cm³/mol. The van der Waals surface area contributed by atoms with Crippen molar-refractivity contribution in [1.29, 1.82) is 0 Å². The highest BCUT2D eigenvalue weighted by atomic mass is 35.5. The minimum atomic E-state index is -0.624. The van der Waals surface area contributed by atoms with Crippen LogP contribution in [0.5, 0.6) is 0 Å². The second kappa shape index (κ2) is 3.82. The Kier molecular flexibility index (Phi) is 2.49. The SMILES string of the molecule is NC(=O)c1cc(N)cnc1-n1cc(Cl)cn1. The highest BCUT2D eigenvalue weighted by molar-refractivity contribution is 6.30. The number of nitrogens with zero attached hydrogens (tertiary/aromatic N) is 3. The number of nitrogen functional groups attached to an aromatic ring is 1. The lowest BCUT2D eigenvalue weighted by Gasteiger charge is -2.05. The van der Waals surface area contributed by atoms with E-state index in [0.29, 0.717) is 16.5 Å². The molecular formula is C9H8ClN5O. The van der Waals surface area contributed by atoms with E-state index in [1.807, 2.05) is 0 Å². The summed E-state index contributed by atoms with van der Waals surface area (Å²) >= 11 is 5.72. The van der Waals surface area contributed by atoms with Crippen LogP contribution >= 0.6 is 11.6 Å². The van der Waals surface area contributed by atoms with E-state index in [0.717, 1.165) is 0 Å². The van der Waals surface area contributed by atoms with Crippen LogP contribution in [0.25, 0.3) is 5.82 Å². The van der Waals surface area contributed by atoms with Crippen LogP contribution in [0.15, 0.2) is 24.7 Å². The standard InChI is InChI=1S/C9H8ClN5O/c10-5-2-14-15(4-5)9-7(8(12)16)1-6(11)3-13-9/h1-4H,11H2,(H2,12,16). The lowest BCUT2D eigenvalue weighted by atomic mass is 10.2. The van der Waals surface area contributed by atoms with Gasteiger partial charge in [0.05, 0.1) is 34.9 Å². The van der Waals surface area contributed by atoms with Gasteiger partial charge in [-0.1, -0.05) is 11.6 Å². The second-order valence-electron chi connectivity index (χ2n) is 3.11. The molecule has 0 bridgehead atoms. The average Bonchev–Trinajstić information content (AvgIpc) is 2.64. The Hall–Kier alpha value is -2.08. The van der Waals surface area contributed by atoms with Gasteiger partial charge < -0.3 is 11.5 Å². The summed E-state index contributed by atoms with van der Waals surface area (Å²) in [4.78, 5) is 15.2. The number of halogens is 1. The number of carbonyl (C=O) groups excluding carboxylic acids is 1. The summed E-state index contributed by atoms with van der Waals surface area (Å²) in [6.45, 7) is 0. The van der Waals surface area contributed by atoms with Gasteiger partial charge in [-0.15, -0.1) is 0 Å². The quantitative estimate of drug-likeness (QED) is 0.799. The molecule has 0 fully saturated rings. The number of hydrogen-bond donors (Lipinski definition) is 2. The minimum absolute atomic E-state index is 0.194. The van der Waals surface area contributed by atoms with Gasteiger partial charge in [0.15, 0.2) is 5.82 Å². The van der Waals surface area contributed by atoms with Gasteiger partial charge in [0.1, 0.15) is 0 Å². The normalized spacial score (nSPS) is 10.3. The van der Waals surface area contributed by atoms with Gasteiger partial charge in [0.2, 0.25) is 0 Å².